The Hall–Kier alpha value is -1.92. The molecule has 0 saturated carbocycles. The van der Waals surface area contributed by atoms with Gasteiger partial charge >= 0.3 is 0 Å². The summed E-state index contributed by atoms with van der Waals surface area (Å²) in [5.74, 6) is 1.42. The zero-order valence-corrected chi connectivity index (χ0v) is 18.4. The van der Waals surface area contributed by atoms with Crippen LogP contribution < -0.4 is 14.8 Å². The minimum absolute atomic E-state index is 0. The summed E-state index contributed by atoms with van der Waals surface area (Å²) >= 11 is 12.2. The molecule has 0 aliphatic rings. The molecule has 0 spiro atoms. The lowest BCUT2D eigenvalue weighted by Gasteiger charge is -2.16. The van der Waals surface area contributed by atoms with E-state index in [4.69, 9.17) is 32.7 Å². The number of aromatic nitrogens is 2. The molecule has 1 heterocycles. The predicted molar refractivity (Wildman–Crippen MR) is 120 cm³/mol. The Morgan fingerprint density at radius 1 is 1.14 bits per heavy atom. The molecule has 2 aromatic carbocycles. The van der Waals surface area contributed by atoms with Crippen LogP contribution in [0.3, 0.4) is 0 Å². The molecule has 3 aromatic rings. The molecule has 8 heteroatoms. The van der Waals surface area contributed by atoms with E-state index < -0.39 is 0 Å². The Balaban J connectivity index is 0.00000300. The van der Waals surface area contributed by atoms with Crippen LogP contribution in [0.15, 0.2) is 55.1 Å². The molecule has 0 atom stereocenters. The van der Waals surface area contributed by atoms with E-state index in [0.717, 1.165) is 36.4 Å². The van der Waals surface area contributed by atoms with Gasteiger partial charge in [0.2, 0.25) is 0 Å². The van der Waals surface area contributed by atoms with Gasteiger partial charge in [-0.1, -0.05) is 41.4 Å². The Kier molecular flexibility index (Phi) is 9.61. The van der Waals surface area contributed by atoms with Gasteiger partial charge in [0.1, 0.15) is 6.61 Å². The second kappa shape index (κ2) is 11.9. The van der Waals surface area contributed by atoms with Crippen molar-refractivity contribution < 1.29 is 9.47 Å². The van der Waals surface area contributed by atoms with Crippen LogP contribution in [-0.2, 0) is 19.7 Å². The Morgan fingerprint density at radius 3 is 2.72 bits per heavy atom. The molecule has 0 fully saturated rings. The number of hydrogen-bond acceptors (Lipinski definition) is 4. The molecular formula is C21H24Cl3N3O2. The minimum atomic E-state index is 0. The monoisotopic (exact) mass is 455 g/mol. The molecule has 0 amide bonds. The number of hydrogen-bond donors (Lipinski definition) is 1. The van der Waals surface area contributed by atoms with E-state index >= 15 is 0 Å². The van der Waals surface area contributed by atoms with Crippen LogP contribution in [0, 0.1) is 0 Å². The summed E-state index contributed by atoms with van der Waals surface area (Å²) in [6.45, 7) is 2.84. The fourth-order valence-corrected chi connectivity index (χ4v) is 3.31. The number of aryl methyl sites for hydroxylation is 1. The van der Waals surface area contributed by atoms with Gasteiger partial charge in [-0.2, -0.15) is 0 Å². The van der Waals surface area contributed by atoms with Crippen molar-refractivity contribution in [1.29, 1.82) is 0 Å². The van der Waals surface area contributed by atoms with Crippen molar-refractivity contribution in [3.63, 3.8) is 0 Å². The van der Waals surface area contributed by atoms with E-state index in [-0.39, 0.29) is 12.4 Å². The molecule has 1 N–H and O–H groups in total. The molecule has 29 heavy (non-hydrogen) atoms. The van der Waals surface area contributed by atoms with E-state index in [1.54, 1.807) is 25.4 Å². The topological polar surface area (TPSA) is 48.3 Å². The zero-order valence-electron chi connectivity index (χ0n) is 16.1. The Labute approximate surface area is 187 Å². The fraction of sp³-hybridized carbons (Fsp3) is 0.286. The molecule has 3 rings (SSSR count). The van der Waals surface area contributed by atoms with E-state index in [9.17, 15) is 0 Å². The van der Waals surface area contributed by atoms with Crippen molar-refractivity contribution in [2.24, 2.45) is 0 Å². The van der Waals surface area contributed by atoms with Crippen molar-refractivity contribution in [1.82, 2.24) is 14.9 Å². The molecule has 0 bridgehead atoms. The summed E-state index contributed by atoms with van der Waals surface area (Å²) in [7, 11) is 1.64. The molecule has 0 aliphatic heterocycles. The van der Waals surface area contributed by atoms with Crippen molar-refractivity contribution in [3.05, 3.63) is 76.3 Å². The molecule has 1 aromatic heterocycles. The van der Waals surface area contributed by atoms with Gasteiger partial charge in [-0.3, -0.25) is 0 Å². The Bertz CT molecular complexity index is 889. The average Bonchev–Trinajstić information content (AvgIpc) is 3.21. The van der Waals surface area contributed by atoms with Gasteiger partial charge in [-0.05, 0) is 31.2 Å². The molecule has 0 unspecified atom stereocenters. The summed E-state index contributed by atoms with van der Waals surface area (Å²) in [4.78, 5) is 4.05. The van der Waals surface area contributed by atoms with Crippen molar-refractivity contribution >= 4 is 35.6 Å². The smallest absolute Gasteiger partial charge is 0.166 e. The highest BCUT2D eigenvalue weighted by atomic mass is 35.5. The van der Waals surface area contributed by atoms with Crippen LogP contribution in [-0.4, -0.2) is 23.2 Å². The third kappa shape index (κ3) is 6.82. The van der Waals surface area contributed by atoms with Crippen molar-refractivity contribution in [2.45, 2.75) is 26.1 Å². The van der Waals surface area contributed by atoms with Gasteiger partial charge in [0.15, 0.2) is 11.5 Å². The van der Waals surface area contributed by atoms with Gasteiger partial charge in [0.25, 0.3) is 0 Å². The average molecular weight is 457 g/mol. The molecule has 156 valence electrons. The maximum absolute atomic E-state index is 6.26. The third-order valence-corrected chi connectivity index (χ3v) is 4.90. The first-order valence-corrected chi connectivity index (χ1v) is 9.82. The highest BCUT2D eigenvalue weighted by Crippen LogP contribution is 2.32. The molecular weight excluding hydrogens is 433 g/mol. The first-order valence-electron chi connectivity index (χ1n) is 9.06. The van der Waals surface area contributed by atoms with Crippen LogP contribution in [0.25, 0.3) is 0 Å². The molecule has 0 saturated heterocycles. The highest BCUT2D eigenvalue weighted by molar-refractivity contribution is 6.35. The quantitative estimate of drug-likeness (QED) is 0.416. The summed E-state index contributed by atoms with van der Waals surface area (Å²) in [6.07, 6.45) is 6.60. The van der Waals surface area contributed by atoms with Gasteiger partial charge in [-0.15, -0.1) is 12.4 Å². The highest BCUT2D eigenvalue weighted by Gasteiger charge is 2.12. The number of rotatable bonds is 10. The van der Waals surface area contributed by atoms with E-state index in [0.29, 0.717) is 28.9 Å². The lowest BCUT2D eigenvalue weighted by molar-refractivity contribution is 0.280. The third-order valence-electron chi connectivity index (χ3n) is 4.31. The lowest BCUT2D eigenvalue weighted by atomic mass is 10.1. The number of para-hydroxylation sites is 1. The largest absolute Gasteiger partial charge is 0.493 e. The van der Waals surface area contributed by atoms with Crippen molar-refractivity contribution in [2.75, 3.05) is 13.7 Å². The standard InChI is InChI=1S/C21H23Cl2N3O2.ClH/c1-27-20-5-2-4-16(13-24-8-3-10-26-11-9-25-15-26)21(20)28-14-17-6-7-18(22)12-19(17)23;/h2,4-7,9,11-12,15,24H,3,8,10,13-14H2,1H3;1H. The summed E-state index contributed by atoms with van der Waals surface area (Å²) in [5, 5.41) is 4.65. The molecule has 0 aliphatic carbocycles. The number of methoxy groups -OCH3 is 1. The zero-order chi connectivity index (χ0) is 19.8. The normalized spacial score (nSPS) is 10.4. The first kappa shape index (κ1) is 23.4. The second-order valence-electron chi connectivity index (χ2n) is 6.30. The molecule has 5 nitrogen and oxygen atoms in total. The maximum Gasteiger partial charge on any atom is 0.166 e. The SMILES string of the molecule is COc1cccc(CNCCCn2ccnc2)c1OCc1ccc(Cl)cc1Cl.Cl. The van der Waals surface area contributed by atoms with Crippen LogP contribution in [0.2, 0.25) is 10.0 Å². The van der Waals surface area contributed by atoms with Gasteiger partial charge in [0, 0.05) is 46.7 Å². The predicted octanol–water partition coefficient (Wildman–Crippen LogP) is 5.38. The second-order valence-corrected chi connectivity index (χ2v) is 7.15. The lowest BCUT2D eigenvalue weighted by Crippen LogP contribution is -2.17. The maximum atomic E-state index is 6.26. The number of nitrogens with one attached hydrogen (secondary N) is 1. The number of imidazole rings is 1. The van der Waals surface area contributed by atoms with Gasteiger partial charge in [0.05, 0.1) is 13.4 Å². The van der Waals surface area contributed by atoms with Crippen molar-refractivity contribution in [3.8, 4) is 11.5 Å². The summed E-state index contributed by atoms with van der Waals surface area (Å²) in [6, 6.07) is 11.3. The minimum Gasteiger partial charge on any atom is -0.493 e. The van der Waals surface area contributed by atoms with E-state index in [1.807, 2.05) is 36.8 Å². The Morgan fingerprint density at radius 2 is 2.00 bits per heavy atom. The fourth-order valence-electron chi connectivity index (χ4n) is 2.84. The number of nitrogens with zero attached hydrogens (tertiary/aromatic N) is 2. The van der Waals surface area contributed by atoms with Crippen LogP contribution >= 0.6 is 35.6 Å². The number of ether oxygens (including phenoxy) is 2. The summed E-state index contributed by atoms with van der Waals surface area (Å²) < 4.78 is 13.6. The molecule has 0 radical (unpaired) electrons. The van der Waals surface area contributed by atoms with Crippen LogP contribution in [0.1, 0.15) is 17.5 Å². The van der Waals surface area contributed by atoms with Crippen LogP contribution in [0.5, 0.6) is 11.5 Å². The number of halogens is 3. The van der Waals surface area contributed by atoms with E-state index in [1.165, 1.54) is 0 Å². The summed E-state index contributed by atoms with van der Waals surface area (Å²) in [5.41, 5.74) is 1.91. The van der Waals surface area contributed by atoms with E-state index in [2.05, 4.69) is 14.9 Å². The first-order chi connectivity index (χ1) is 13.7. The van der Waals surface area contributed by atoms with Gasteiger partial charge in [-0.25, -0.2) is 4.98 Å². The number of benzene rings is 2. The van der Waals surface area contributed by atoms with Crippen LogP contribution in [0.4, 0.5) is 0 Å². The van der Waals surface area contributed by atoms with Gasteiger partial charge < -0.3 is 19.4 Å².